The van der Waals surface area contributed by atoms with Gasteiger partial charge in [-0.15, -0.1) is 0 Å². The van der Waals surface area contributed by atoms with E-state index in [1.54, 1.807) is 25.1 Å². The molecular weight excluding hydrogens is 367 g/mol. The molecule has 0 aliphatic heterocycles. The van der Waals surface area contributed by atoms with E-state index in [4.69, 9.17) is 11.6 Å². The van der Waals surface area contributed by atoms with Gasteiger partial charge in [-0.05, 0) is 55.0 Å². The number of nitrogens with one attached hydrogen (secondary N) is 1. The van der Waals surface area contributed by atoms with Gasteiger partial charge in [0.25, 0.3) is 0 Å². The fourth-order valence-corrected chi connectivity index (χ4v) is 3.54. The highest BCUT2D eigenvalue weighted by molar-refractivity contribution is 7.92. The fourth-order valence-electron chi connectivity index (χ4n) is 2.32. The number of hydrogen-bond acceptors (Lipinski definition) is 3. The van der Waals surface area contributed by atoms with Crippen LogP contribution >= 0.6 is 11.6 Å². The molecule has 0 saturated heterocycles. The molecule has 0 fully saturated rings. The van der Waals surface area contributed by atoms with Gasteiger partial charge in [0.05, 0.1) is 11.9 Å². The maximum Gasteiger partial charge on any atom is 0.232 e. The van der Waals surface area contributed by atoms with Crippen molar-refractivity contribution >= 4 is 38.9 Å². The Morgan fingerprint density at radius 2 is 1.84 bits per heavy atom. The Balaban J connectivity index is 2.10. The normalized spacial score (nSPS) is 11.2. The number of aryl methyl sites for hydroxylation is 1. The van der Waals surface area contributed by atoms with E-state index in [-0.39, 0.29) is 18.9 Å². The molecule has 0 unspecified atom stereocenters. The summed E-state index contributed by atoms with van der Waals surface area (Å²) in [7, 11) is -3.57. The largest absolute Gasteiger partial charge is 0.326 e. The molecule has 5 nitrogen and oxygen atoms in total. The first-order chi connectivity index (χ1) is 11.7. The third kappa shape index (κ3) is 5.44. The van der Waals surface area contributed by atoms with Crippen LogP contribution < -0.4 is 9.62 Å². The zero-order valence-electron chi connectivity index (χ0n) is 13.8. The average Bonchev–Trinajstić information content (AvgIpc) is 2.50. The maximum atomic E-state index is 12.9. The summed E-state index contributed by atoms with van der Waals surface area (Å²) in [5.74, 6) is -0.772. The number of hydrogen-bond donors (Lipinski definition) is 1. The first-order valence-corrected chi connectivity index (χ1v) is 9.69. The van der Waals surface area contributed by atoms with Gasteiger partial charge in [-0.2, -0.15) is 0 Å². The second-order valence-electron chi connectivity index (χ2n) is 5.57. The van der Waals surface area contributed by atoms with Crippen molar-refractivity contribution in [2.45, 2.75) is 13.3 Å². The lowest BCUT2D eigenvalue weighted by molar-refractivity contribution is -0.116. The number of amides is 1. The first-order valence-electron chi connectivity index (χ1n) is 7.46. The molecule has 0 spiro atoms. The number of benzene rings is 2. The van der Waals surface area contributed by atoms with Crippen molar-refractivity contribution in [3.05, 3.63) is 58.9 Å². The van der Waals surface area contributed by atoms with Crippen molar-refractivity contribution in [3.63, 3.8) is 0 Å². The standard InChI is InChI=1S/C17H18ClFN2O3S/c1-12-11-13(18)3-8-16(12)21(25(2,23)24)10-9-17(22)20-15-6-4-14(19)5-7-15/h3-8,11H,9-10H2,1-2H3,(H,20,22). The number of rotatable bonds is 6. The molecule has 0 atom stereocenters. The van der Waals surface area contributed by atoms with Gasteiger partial charge in [0.2, 0.25) is 15.9 Å². The number of sulfonamides is 1. The average molecular weight is 385 g/mol. The van der Waals surface area contributed by atoms with Crippen molar-refractivity contribution in [2.75, 3.05) is 22.4 Å². The molecule has 2 aromatic carbocycles. The Morgan fingerprint density at radius 1 is 1.20 bits per heavy atom. The molecule has 1 N–H and O–H groups in total. The highest BCUT2D eigenvalue weighted by Crippen LogP contribution is 2.25. The predicted molar refractivity (Wildman–Crippen MR) is 98.0 cm³/mol. The van der Waals surface area contributed by atoms with Crippen molar-refractivity contribution in [2.24, 2.45) is 0 Å². The second-order valence-corrected chi connectivity index (χ2v) is 7.91. The van der Waals surface area contributed by atoms with Crippen LogP contribution in [0.25, 0.3) is 0 Å². The summed E-state index contributed by atoms with van der Waals surface area (Å²) < 4.78 is 38.2. The Hall–Kier alpha value is -2.12. The van der Waals surface area contributed by atoms with E-state index in [2.05, 4.69) is 5.32 Å². The first kappa shape index (κ1) is 19.2. The van der Waals surface area contributed by atoms with Crippen LogP contribution in [0.5, 0.6) is 0 Å². The molecule has 2 rings (SSSR count). The Bertz CT molecular complexity index is 870. The summed E-state index contributed by atoms with van der Waals surface area (Å²) in [4.78, 5) is 12.1. The summed E-state index contributed by atoms with van der Waals surface area (Å²) in [6, 6.07) is 10.2. The zero-order chi connectivity index (χ0) is 18.6. The van der Waals surface area contributed by atoms with Crippen LogP contribution in [0.1, 0.15) is 12.0 Å². The highest BCUT2D eigenvalue weighted by Gasteiger charge is 2.20. The van der Waals surface area contributed by atoms with E-state index >= 15 is 0 Å². The monoisotopic (exact) mass is 384 g/mol. The lowest BCUT2D eigenvalue weighted by Crippen LogP contribution is -2.33. The lowest BCUT2D eigenvalue weighted by Gasteiger charge is -2.24. The lowest BCUT2D eigenvalue weighted by atomic mass is 10.2. The van der Waals surface area contributed by atoms with Gasteiger partial charge in [-0.3, -0.25) is 9.10 Å². The molecule has 1 amide bonds. The number of halogens is 2. The number of nitrogens with zero attached hydrogens (tertiary/aromatic N) is 1. The molecule has 0 aliphatic rings. The number of carbonyl (C=O) groups is 1. The SMILES string of the molecule is Cc1cc(Cl)ccc1N(CCC(=O)Nc1ccc(F)cc1)S(C)(=O)=O. The Morgan fingerprint density at radius 3 is 2.40 bits per heavy atom. The number of carbonyl (C=O) groups excluding carboxylic acids is 1. The topological polar surface area (TPSA) is 66.5 Å². The molecule has 134 valence electrons. The van der Waals surface area contributed by atoms with Gasteiger partial charge in [-0.25, -0.2) is 12.8 Å². The Kier molecular flexibility index (Phi) is 6.02. The molecule has 8 heteroatoms. The van der Waals surface area contributed by atoms with Crippen molar-refractivity contribution < 1.29 is 17.6 Å². The van der Waals surface area contributed by atoms with E-state index in [0.29, 0.717) is 22.0 Å². The summed E-state index contributed by atoms with van der Waals surface area (Å²) in [6.07, 6.45) is 1.03. The van der Waals surface area contributed by atoms with Crippen LogP contribution in [-0.2, 0) is 14.8 Å². The van der Waals surface area contributed by atoms with E-state index in [1.807, 2.05) is 0 Å². The van der Waals surface area contributed by atoms with Gasteiger partial charge in [0.15, 0.2) is 0 Å². The fraction of sp³-hybridized carbons (Fsp3) is 0.235. The minimum atomic E-state index is -3.57. The molecule has 25 heavy (non-hydrogen) atoms. The molecule has 0 saturated carbocycles. The van der Waals surface area contributed by atoms with Gasteiger partial charge in [0, 0.05) is 23.7 Å². The maximum absolute atomic E-state index is 12.9. The molecule has 0 radical (unpaired) electrons. The summed E-state index contributed by atoms with van der Waals surface area (Å²) in [5.41, 5.74) is 1.61. The summed E-state index contributed by atoms with van der Waals surface area (Å²) >= 11 is 5.91. The summed E-state index contributed by atoms with van der Waals surface area (Å²) in [5, 5.41) is 3.11. The molecule has 0 heterocycles. The van der Waals surface area contributed by atoms with Crippen LogP contribution in [0.15, 0.2) is 42.5 Å². The van der Waals surface area contributed by atoms with Crippen molar-refractivity contribution in [1.82, 2.24) is 0 Å². The van der Waals surface area contributed by atoms with Gasteiger partial charge >= 0.3 is 0 Å². The van der Waals surface area contributed by atoms with Gasteiger partial charge in [0.1, 0.15) is 5.82 Å². The molecule has 0 bridgehead atoms. The third-order valence-electron chi connectivity index (χ3n) is 3.50. The molecular formula is C17H18ClFN2O3S. The zero-order valence-corrected chi connectivity index (χ0v) is 15.4. The van der Waals surface area contributed by atoms with E-state index in [1.165, 1.54) is 28.6 Å². The van der Waals surface area contributed by atoms with Gasteiger partial charge in [-0.1, -0.05) is 11.6 Å². The van der Waals surface area contributed by atoms with E-state index in [9.17, 15) is 17.6 Å². The molecule has 0 aromatic heterocycles. The van der Waals surface area contributed by atoms with Crippen LogP contribution in [-0.4, -0.2) is 27.1 Å². The highest BCUT2D eigenvalue weighted by atomic mass is 35.5. The van der Waals surface area contributed by atoms with Crippen LogP contribution in [0.4, 0.5) is 15.8 Å². The van der Waals surface area contributed by atoms with Crippen LogP contribution in [0.2, 0.25) is 5.02 Å². The third-order valence-corrected chi connectivity index (χ3v) is 4.91. The quantitative estimate of drug-likeness (QED) is 0.827. The molecule has 0 aliphatic carbocycles. The second kappa shape index (κ2) is 7.84. The smallest absolute Gasteiger partial charge is 0.232 e. The van der Waals surface area contributed by atoms with Crippen LogP contribution in [0, 0.1) is 12.7 Å². The van der Waals surface area contributed by atoms with Gasteiger partial charge < -0.3 is 5.32 Å². The minimum Gasteiger partial charge on any atom is -0.326 e. The van der Waals surface area contributed by atoms with E-state index in [0.717, 1.165) is 6.26 Å². The van der Waals surface area contributed by atoms with Crippen molar-refractivity contribution in [1.29, 1.82) is 0 Å². The van der Waals surface area contributed by atoms with E-state index < -0.39 is 15.8 Å². The van der Waals surface area contributed by atoms with Crippen molar-refractivity contribution in [3.8, 4) is 0 Å². The summed E-state index contributed by atoms with van der Waals surface area (Å²) in [6.45, 7) is 1.73. The minimum absolute atomic E-state index is 0.0195. The molecule has 2 aromatic rings. The predicted octanol–water partition coefficient (Wildman–Crippen LogP) is 3.58. The Labute approximate surface area is 151 Å². The number of anilines is 2. The van der Waals surface area contributed by atoms with Crippen LogP contribution in [0.3, 0.4) is 0 Å².